The quantitative estimate of drug-likeness (QED) is 0.339. The van der Waals surface area contributed by atoms with Gasteiger partial charge in [-0.05, 0) is 43.4 Å². The van der Waals surface area contributed by atoms with Gasteiger partial charge in [-0.3, -0.25) is 4.79 Å². The normalized spacial score (nSPS) is 44.3. The molecule has 0 radical (unpaired) electrons. The highest BCUT2D eigenvalue weighted by molar-refractivity contribution is 5.94. The van der Waals surface area contributed by atoms with Gasteiger partial charge in [-0.2, -0.15) is 0 Å². The van der Waals surface area contributed by atoms with Crippen LogP contribution in [0, 0.1) is 29.1 Å². The van der Waals surface area contributed by atoms with Crippen molar-refractivity contribution < 1.29 is 23.9 Å². The number of hydrogen-bond acceptors (Lipinski definition) is 5. The summed E-state index contributed by atoms with van der Waals surface area (Å²) in [5.41, 5.74) is 0.464. The maximum atomic E-state index is 12.8. The molecule has 0 amide bonds. The lowest BCUT2D eigenvalue weighted by Gasteiger charge is -2.43. The Morgan fingerprint density at radius 2 is 2.16 bits per heavy atom. The zero-order valence-electron chi connectivity index (χ0n) is 14.6. The summed E-state index contributed by atoms with van der Waals surface area (Å²) in [6.45, 7) is 8.21. The fraction of sp³-hybridized carbons (Fsp3) is 0.650. The van der Waals surface area contributed by atoms with Crippen LogP contribution in [-0.4, -0.2) is 30.9 Å². The third-order valence-corrected chi connectivity index (χ3v) is 7.36. The highest BCUT2D eigenvalue weighted by Gasteiger charge is 2.76. The van der Waals surface area contributed by atoms with Crippen molar-refractivity contribution in [2.24, 2.45) is 29.1 Å². The Morgan fingerprint density at radius 3 is 2.84 bits per heavy atom. The Hall–Kier alpha value is -1.91. The minimum absolute atomic E-state index is 0.0488. The fourth-order valence-electron chi connectivity index (χ4n) is 6.64. The molecule has 134 valence electrons. The largest absolute Gasteiger partial charge is 0.469 e. The van der Waals surface area contributed by atoms with Crippen LogP contribution < -0.4 is 0 Å². The molecule has 5 nitrogen and oxygen atoms in total. The zero-order chi connectivity index (χ0) is 18.0. The summed E-state index contributed by atoms with van der Waals surface area (Å²) in [4.78, 5) is 36.3. The van der Waals surface area contributed by atoms with E-state index in [4.69, 9.17) is 9.47 Å². The number of esters is 2. The molecule has 25 heavy (non-hydrogen) atoms. The van der Waals surface area contributed by atoms with Crippen molar-refractivity contribution in [1.29, 1.82) is 0 Å². The van der Waals surface area contributed by atoms with Crippen molar-refractivity contribution in [3.63, 3.8) is 0 Å². The molecule has 0 aromatic heterocycles. The summed E-state index contributed by atoms with van der Waals surface area (Å²) in [6.07, 6.45) is 5.15. The molecule has 4 aliphatic rings. The average Bonchev–Trinajstić information content (AvgIpc) is 3.09. The third kappa shape index (κ3) is 1.87. The van der Waals surface area contributed by atoms with Crippen LogP contribution in [-0.2, 0) is 23.9 Å². The number of aldehydes is 1. The molecule has 0 N–H and O–H groups in total. The smallest absolute Gasteiger partial charge is 0.334 e. The predicted molar refractivity (Wildman–Crippen MR) is 89.3 cm³/mol. The Labute approximate surface area is 147 Å². The lowest BCUT2D eigenvalue weighted by Crippen LogP contribution is -2.44. The molecule has 1 aliphatic heterocycles. The van der Waals surface area contributed by atoms with Crippen molar-refractivity contribution in [2.45, 2.75) is 44.1 Å². The Morgan fingerprint density at radius 1 is 1.40 bits per heavy atom. The maximum Gasteiger partial charge on any atom is 0.334 e. The second-order valence-corrected chi connectivity index (χ2v) is 8.15. The molecule has 4 rings (SSSR count). The van der Waals surface area contributed by atoms with E-state index in [0.29, 0.717) is 24.3 Å². The number of carbonyl (C=O) groups excluding carboxylic acids is 3. The lowest BCUT2D eigenvalue weighted by molar-refractivity contribution is -0.157. The van der Waals surface area contributed by atoms with E-state index in [-0.39, 0.29) is 17.3 Å². The van der Waals surface area contributed by atoms with E-state index in [2.05, 4.69) is 13.2 Å². The van der Waals surface area contributed by atoms with Crippen molar-refractivity contribution in [3.8, 4) is 0 Å². The topological polar surface area (TPSA) is 69.7 Å². The van der Waals surface area contributed by atoms with Crippen LogP contribution >= 0.6 is 0 Å². The molecule has 1 saturated heterocycles. The molecule has 6 atom stereocenters. The van der Waals surface area contributed by atoms with Gasteiger partial charge in [-0.15, -0.1) is 0 Å². The van der Waals surface area contributed by atoms with E-state index < -0.39 is 23.4 Å². The number of fused-ring (bicyclic) bond motifs is 3. The molecule has 1 spiro atoms. The first-order valence-corrected chi connectivity index (χ1v) is 9.02. The van der Waals surface area contributed by atoms with Gasteiger partial charge in [0.1, 0.15) is 11.9 Å². The van der Waals surface area contributed by atoms with Gasteiger partial charge >= 0.3 is 11.9 Å². The number of carbonyl (C=O) groups is 3. The number of ether oxygens (including phenoxy) is 2. The van der Waals surface area contributed by atoms with Gasteiger partial charge in [-0.25, -0.2) is 4.79 Å². The van der Waals surface area contributed by atoms with Gasteiger partial charge in [0.2, 0.25) is 0 Å². The van der Waals surface area contributed by atoms with Crippen molar-refractivity contribution in [2.75, 3.05) is 7.11 Å². The summed E-state index contributed by atoms with van der Waals surface area (Å²) in [7, 11) is 1.39. The van der Waals surface area contributed by atoms with Crippen LogP contribution in [0.25, 0.3) is 0 Å². The van der Waals surface area contributed by atoms with Crippen molar-refractivity contribution in [1.82, 2.24) is 0 Å². The van der Waals surface area contributed by atoms with Crippen LogP contribution in [0.2, 0.25) is 0 Å². The van der Waals surface area contributed by atoms with E-state index in [1.807, 2.05) is 0 Å². The van der Waals surface area contributed by atoms with E-state index in [1.54, 1.807) is 0 Å². The number of methoxy groups -OCH3 is 1. The summed E-state index contributed by atoms with van der Waals surface area (Å²) in [6, 6.07) is 0. The molecule has 0 aromatic rings. The third-order valence-electron chi connectivity index (χ3n) is 7.36. The minimum Gasteiger partial charge on any atom is -0.469 e. The molecule has 4 fully saturated rings. The van der Waals surface area contributed by atoms with Crippen LogP contribution in [0.5, 0.6) is 0 Å². The number of allylic oxidation sites excluding steroid dienone is 1. The summed E-state index contributed by atoms with van der Waals surface area (Å²) in [5.74, 6) is -1.10. The molecule has 0 unspecified atom stereocenters. The van der Waals surface area contributed by atoms with Crippen LogP contribution in [0.4, 0.5) is 0 Å². The van der Waals surface area contributed by atoms with Gasteiger partial charge in [0.05, 0.1) is 13.0 Å². The zero-order valence-corrected chi connectivity index (χ0v) is 14.6. The molecule has 2 bridgehead atoms. The summed E-state index contributed by atoms with van der Waals surface area (Å²) < 4.78 is 11.1. The van der Waals surface area contributed by atoms with Gasteiger partial charge in [0, 0.05) is 23.8 Å². The number of rotatable bonds is 4. The Balaban J connectivity index is 1.89. The second kappa shape index (κ2) is 5.29. The van der Waals surface area contributed by atoms with Gasteiger partial charge in [0.25, 0.3) is 0 Å². The van der Waals surface area contributed by atoms with Crippen LogP contribution in [0.15, 0.2) is 24.3 Å². The first-order chi connectivity index (χ1) is 11.9. The first-order valence-electron chi connectivity index (χ1n) is 9.02. The van der Waals surface area contributed by atoms with E-state index in [1.165, 1.54) is 12.7 Å². The molecule has 1 heterocycles. The first kappa shape index (κ1) is 16.6. The minimum atomic E-state index is -0.802. The fourth-order valence-corrected chi connectivity index (χ4v) is 6.64. The Kier molecular flexibility index (Phi) is 3.50. The molecular weight excluding hydrogens is 320 g/mol. The number of hydrogen-bond donors (Lipinski definition) is 0. The maximum absolute atomic E-state index is 12.8. The van der Waals surface area contributed by atoms with E-state index >= 15 is 0 Å². The highest BCUT2D eigenvalue weighted by atomic mass is 16.6. The monoisotopic (exact) mass is 344 g/mol. The molecule has 3 aliphatic carbocycles. The van der Waals surface area contributed by atoms with E-state index in [0.717, 1.165) is 32.0 Å². The van der Waals surface area contributed by atoms with Gasteiger partial charge in [-0.1, -0.05) is 18.7 Å². The van der Waals surface area contributed by atoms with Gasteiger partial charge < -0.3 is 14.3 Å². The lowest BCUT2D eigenvalue weighted by atomic mass is 9.63. The molecule has 5 heteroatoms. The molecule has 0 aromatic carbocycles. The standard InChI is InChI=1S/C20H24O5/c1-11-9-19-10-13(11)5-6-14(19)20(7-4-8-21)15(12(2)17(22)25-20)16(19)18(23)24-3/h8,13-16H,1-2,4-7,9-10H2,3H3/t13-,14-,15+,16-,19+,20-/m1/s1. The van der Waals surface area contributed by atoms with E-state index in [9.17, 15) is 14.4 Å². The average molecular weight is 344 g/mol. The second-order valence-electron chi connectivity index (χ2n) is 8.15. The molecular formula is C20H24O5. The van der Waals surface area contributed by atoms with Crippen LogP contribution in [0.1, 0.15) is 38.5 Å². The highest BCUT2D eigenvalue weighted by Crippen LogP contribution is 2.74. The molecule has 3 saturated carbocycles. The van der Waals surface area contributed by atoms with Crippen molar-refractivity contribution in [3.05, 3.63) is 24.3 Å². The SMILES string of the molecule is C=C1C[C@]23C[C@H]1CC[C@H]2[C@@]1(CCC=O)OC(=O)C(=C)[C@H]1[C@@H]3C(=O)OC. The van der Waals surface area contributed by atoms with Crippen molar-refractivity contribution >= 4 is 18.2 Å². The Bertz CT molecular complexity index is 694. The predicted octanol–water partition coefficient (Wildman–Crippen LogP) is 2.60. The van der Waals surface area contributed by atoms with Crippen LogP contribution in [0.3, 0.4) is 0 Å². The summed E-state index contributed by atoms with van der Waals surface area (Å²) in [5, 5.41) is 0. The summed E-state index contributed by atoms with van der Waals surface area (Å²) >= 11 is 0. The van der Waals surface area contributed by atoms with Gasteiger partial charge in [0.15, 0.2) is 0 Å².